The SMILES string of the molecule is CCCNC(=O)[C@H](C)N(Cc1ccccc1F)C(=O)COc1ccccc1. The maximum atomic E-state index is 14.1. The van der Waals surface area contributed by atoms with Crippen molar-refractivity contribution in [1.29, 1.82) is 0 Å². The first-order valence-corrected chi connectivity index (χ1v) is 9.01. The Balaban J connectivity index is 2.13. The molecule has 0 aliphatic heterocycles. The molecule has 0 bridgehead atoms. The lowest BCUT2D eigenvalue weighted by molar-refractivity contribution is -0.142. The molecular weight excluding hydrogens is 347 g/mol. The Morgan fingerprint density at radius 1 is 1.11 bits per heavy atom. The van der Waals surface area contributed by atoms with Gasteiger partial charge in [-0.05, 0) is 31.5 Å². The number of carbonyl (C=O) groups excluding carboxylic acids is 2. The van der Waals surface area contributed by atoms with E-state index < -0.39 is 11.9 Å². The zero-order valence-electron chi connectivity index (χ0n) is 15.7. The first kappa shape index (κ1) is 20.4. The second kappa shape index (κ2) is 10.3. The molecule has 1 N–H and O–H groups in total. The molecule has 0 unspecified atom stereocenters. The summed E-state index contributed by atoms with van der Waals surface area (Å²) in [5.74, 6) is -0.525. The second-order valence-corrected chi connectivity index (χ2v) is 6.18. The number of hydrogen-bond donors (Lipinski definition) is 1. The van der Waals surface area contributed by atoms with Crippen molar-refractivity contribution in [3.05, 3.63) is 66.0 Å². The Morgan fingerprint density at radius 3 is 2.44 bits per heavy atom. The van der Waals surface area contributed by atoms with Crippen LogP contribution >= 0.6 is 0 Å². The highest BCUT2D eigenvalue weighted by Gasteiger charge is 2.27. The summed E-state index contributed by atoms with van der Waals surface area (Å²) in [5.41, 5.74) is 0.348. The van der Waals surface area contributed by atoms with E-state index in [1.165, 1.54) is 11.0 Å². The van der Waals surface area contributed by atoms with Gasteiger partial charge in [0.1, 0.15) is 17.6 Å². The van der Waals surface area contributed by atoms with Gasteiger partial charge in [-0.3, -0.25) is 9.59 Å². The third-order valence-electron chi connectivity index (χ3n) is 4.12. The van der Waals surface area contributed by atoms with Gasteiger partial charge < -0.3 is 15.0 Å². The molecular formula is C21H25FN2O3. The van der Waals surface area contributed by atoms with E-state index in [4.69, 9.17) is 4.74 Å². The van der Waals surface area contributed by atoms with E-state index in [1.54, 1.807) is 49.4 Å². The maximum Gasteiger partial charge on any atom is 0.261 e. The number of para-hydroxylation sites is 1. The quantitative estimate of drug-likeness (QED) is 0.736. The summed E-state index contributed by atoms with van der Waals surface area (Å²) < 4.78 is 19.6. The first-order chi connectivity index (χ1) is 13.0. The molecule has 0 saturated carbocycles. The molecule has 2 amide bonds. The summed E-state index contributed by atoms with van der Waals surface area (Å²) >= 11 is 0. The minimum atomic E-state index is -0.747. The highest BCUT2D eigenvalue weighted by atomic mass is 19.1. The summed E-state index contributed by atoms with van der Waals surface area (Å²) in [6.07, 6.45) is 0.789. The molecule has 1 atom stereocenters. The van der Waals surface area contributed by atoms with Gasteiger partial charge in [0.25, 0.3) is 5.91 Å². The van der Waals surface area contributed by atoms with Crippen LogP contribution in [0.2, 0.25) is 0 Å². The van der Waals surface area contributed by atoms with E-state index in [-0.39, 0.29) is 25.0 Å². The van der Waals surface area contributed by atoms with E-state index in [9.17, 15) is 14.0 Å². The van der Waals surface area contributed by atoms with Gasteiger partial charge in [0.2, 0.25) is 5.91 Å². The van der Waals surface area contributed by atoms with Crippen molar-refractivity contribution in [3.8, 4) is 5.75 Å². The van der Waals surface area contributed by atoms with Crippen LogP contribution in [0.25, 0.3) is 0 Å². The third-order valence-corrected chi connectivity index (χ3v) is 4.12. The predicted octanol–water partition coefficient (Wildman–Crippen LogP) is 3.15. The Hall–Kier alpha value is -2.89. The average Bonchev–Trinajstić information content (AvgIpc) is 2.70. The number of nitrogens with zero attached hydrogens (tertiary/aromatic N) is 1. The summed E-state index contributed by atoms with van der Waals surface area (Å²) in [6, 6.07) is 14.4. The smallest absolute Gasteiger partial charge is 0.261 e. The van der Waals surface area contributed by atoms with Crippen LogP contribution in [0.4, 0.5) is 4.39 Å². The van der Waals surface area contributed by atoms with E-state index >= 15 is 0 Å². The number of benzene rings is 2. The zero-order valence-corrected chi connectivity index (χ0v) is 15.7. The van der Waals surface area contributed by atoms with Crippen molar-refractivity contribution in [3.63, 3.8) is 0 Å². The van der Waals surface area contributed by atoms with Crippen LogP contribution < -0.4 is 10.1 Å². The Labute approximate surface area is 159 Å². The zero-order chi connectivity index (χ0) is 19.6. The van der Waals surface area contributed by atoms with Gasteiger partial charge in [-0.15, -0.1) is 0 Å². The van der Waals surface area contributed by atoms with Crippen LogP contribution in [0.3, 0.4) is 0 Å². The van der Waals surface area contributed by atoms with Crippen LogP contribution in [0.15, 0.2) is 54.6 Å². The van der Waals surface area contributed by atoms with Crippen molar-refractivity contribution in [2.45, 2.75) is 32.9 Å². The van der Waals surface area contributed by atoms with E-state index in [1.807, 2.05) is 13.0 Å². The number of halogens is 1. The highest BCUT2D eigenvalue weighted by Crippen LogP contribution is 2.14. The van der Waals surface area contributed by atoms with Gasteiger partial charge in [0.05, 0.1) is 0 Å². The number of ether oxygens (including phenoxy) is 1. The van der Waals surface area contributed by atoms with Gasteiger partial charge >= 0.3 is 0 Å². The predicted molar refractivity (Wildman–Crippen MR) is 102 cm³/mol. The number of rotatable bonds is 9. The summed E-state index contributed by atoms with van der Waals surface area (Å²) in [7, 11) is 0. The van der Waals surface area contributed by atoms with E-state index in [2.05, 4.69) is 5.32 Å². The molecule has 0 fully saturated rings. The first-order valence-electron chi connectivity index (χ1n) is 9.01. The van der Waals surface area contributed by atoms with Gasteiger partial charge in [0.15, 0.2) is 6.61 Å². The molecule has 0 aliphatic carbocycles. The Kier molecular flexibility index (Phi) is 7.79. The molecule has 27 heavy (non-hydrogen) atoms. The summed E-state index contributed by atoms with van der Waals surface area (Å²) in [5, 5.41) is 2.77. The average molecular weight is 372 g/mol. The molecule has 5 nitrogen and oxygen atoms in total. The molecule has 0 heterocycles. The second-order valence-electron chi connectivity index (χ2n) is 6.18. The monoisotopic (exact) mass is 372 g/mol. The molecule has 6 heteroatoms. The fraction of sp³-hybridized carbons (Fsp3) is 0.333. The van der Waals surface area contributed by atoms with Crippen molar-refractivity contribution in [2.24, 2.45) is 0 Å². The number of carbonyl (C=O) groups is 2. The van der Waals surface area contributed by atoms with Crippen LogP contribution in [0.5, 0.6) is 5.75 Å². The molecule has 2 aromatic carbocycles. The summed E-state index contributed by atoms with van der Waals surface area (Å²) in [4.78, 5) is 26.4. The lowest BCUT2D eigenvalue weighted by atomic mass is 10.1. The van der Waals surface area contributed by atoms with Gasteiger partial charge in [-0.25, -0.2) is 4.39 Å². The lowest BCUT2D eigenvalue weighted by Crippen LogP contribution is -2.49. The minimum Gasteiger partial charge on any atom is -0.484 e. The van der Waals surface area contributed by atoms with Gasteiger partial charge in [-0.2, -0.15) is 0 Å². The lowest BCUT2D eigenvalue weighted by Gasteiger charge is -2.28. The largest absolute Gasteiger partial charge is 0.484 e. The molecule has 0 aromatic heterocycles. The van der Waals surface area contributed by atoms with Gasteiger partial charge in [-0.1, -0.05) is 43.3 Å². The molecule has 0 saturated heterocycles. The van der Waals surface area contributed by atoms with Crippen molar-refractivity contribution in [2.75, 3.05) is 13.2 Å². The normalized spacial score (nSPS) is 11.5. The van der Waals surface area contributed by atoms with E-state index in [0.717, 1.165) is 6.42 Å². The molecule has 2 rings (SSSR count). The number of nitrogens with one attached hydrogen (secondary N) is 1. The molecule has 0 radical (unpaired) electrons. The van der Waals surface area contributed by atoms with Crippen LogP contribution in [0.1, 0.15) is 25.8 Å². The standard InChI is InChI=1S/C21H25FN2O3/c1-3-13-23-21(26)16(2)24(14-17-9-7-8-12-19(17)22)20(25)15-27-18-10-5-4-6-11-18/h4-12,16H,3,13-15H2,1-2H3,(H,23,26)/t16-/m0/s1. The molecule has 0 aliphatic rings. The molecule has 144 valence electrons. The highest BCUT2D eigenvalue weighted by molar-refractivity contribution is 5.87. The van der Waals surface area contributed by atoms with Crippen LogP contribution in [-0.2, 0) is 16.1 Å². The summed E-state index contributed by atoms with van der Waals surface area (Å²) in [6.45, 7) is 3.85. The Morgan fingerprint density at radius 2 is 1.78 bits per heavy atom. The minimum absolute atomic E-state index is 0.00956. The maximum absolute atomic E-state index is 14.1. The Bertz CT molecular complexity index is 752. The van der Waals surface area contributed by atoms with Crippen molar-refractivity contribution < 1.29 is 18.7 Å². The molecule has 2 aromatic rings. The molecule has 0 spiro atoms. The van der Waals surface area contributed by atoms with Crippen molar-refractivity contribution >= 4 is 11.8 Å². The van der Waals surface area contributed by atoms with Crippen LogP contribution in [-0.4, -0.2) is 35.9 Å². The number of amides is 2. The van der Waals surface area contributed by atoms with Crippen LogP contribution in [0, 0.1) is 5.82 Å². The number of hydrogen-bond acceptors (Lipinski definition) is 3. The van der Waals surface area contributed by atoms with E-state index in [0.29, 0.717) is 17.9 Å². The fourth-order valence-corrected chi connectivity index (χ4v) is 2.53. The fourth-order valence-electron chi connectivity index (χ4n) is 2.53. The van der Waals surface area contributed by atoms with Gasteiger partial charge in [0, 0.05) is 18.7 Å². The topological polar surface area (TPSA) is 58.6 Å². The third kappa shape index (κ3) is 6.09. The van der Waals surface area contributed by atoms with Crippen molar-refractivity contribution in [1.82, 2.24) is 10.2 Å².